The minimum atomic E-state index is -0.444. The van der Waals surface area contributed by atoms with Crippen LogP contribution >= 0.6 is 0 Å². The third kappa shape index (κ3) is 3.87. The van der Waals surface area contributed by atoms with Crippen LogP contribution in [0.2, 0.25) is 0 Å². The van der Waals surface area contributed by atoms with Crippen molar-refractivity contribution in [2.45, 2.75) is 37.8 Å². The highest BCUT2D eigenvalue weighted by molar-refractivity contribution is 5.93. The number of ether oxygens (including phenoxy) is 1. The van der Waals surface area contributed by atoms with E-state index in [0.717, 1.165) is 44.0 Å². The molecule has 2 saturated heterocycles. The third-order valence-electron chi connectivity index (χ3n) is 6.18. The molecule has 0 saturated carbocycles. The molecular weight excluding hydrogens is 402 g/mol. The lowest BCUT2D eigenvalue weighted by molar-refractivity contribution is 0.0693. The first kappa shape index (κ1) is 19.9. The van der Waals surface area contributed by atoms with E-state index in [9.17, 15) is 13.6 Å². The summed E-state index contributed by atoms with van der Waals surface area (Å²) < 4.78 is 35.3. The van der Waals surface area contributed by atoms with E-state index in [4.69, 9.17) is 4.74 Å². The summed E-state index contributed by atoms with van der Waals surface area (Å²) in [5, 5.41) is 3.07. The topological polar surface area (TPSA) is 58.9 Å². The normalized spacial score (nSPS) is 19.8. The molecule has 1 N–H and O–H groups in total. The number of carbonyl (C=O) groups is 1. The molecule has 8 heteroatoms. The molecule has 3 aromatic rings. The van der Waals surface area contributed by atoms with Crippen LogP contribution in [0.4, 0.5) is 14.5 Å². The lowest BCUT2D eigenvalue weighted by Gasteiger charge is -2.27. The van der Waals surface area contributed by atoms with Gasteiger partial charge in [0.2, 0.25) is 0 Å². The quantitative estimate of drug-likeness (QED) is 0.688. The fourth-order valence-corrected chi connectivity index (χ4v) is 4.58. The van der Waals surface area contributed by atoms with Crippen molar-refractivity contribution in [3.05, 3.63) is 65.6 Å². The Kier molecular flexibility index (Phi) is 5.31. The molecule has 0 spiro atoms. The lowest BCUT2D eigenvalue weighted by Crippen LogP contribution is -2.39. The molecule has 162 valence electrons. The Hall–Kier alpha value is -3.00. The summed E-state index contributed by atoms with van der Waals surface area (Å²) in [5.74, 6) is -1.02. The van der Waals surface area contributed by atoms with Crippen LogP contribution < -0.4 is 10.2 Å². The molecule has 6 nitrogen and oxygen atoms in total. The van der Waals surface area contributed by atoms with Crippen LogP contribution in [0.5, 0.6) is 0 Å². The number of pyridine rings is 1. The number of halogens is 2. The molecule has 4 heterocycles. The summed E-state index contributed by atoms with van der Waals surface area (Å²) in [6.45, 7) is 2.02. The van der Waals surface area contributed by atoms with Gasteiger partial charge in [0.1, 0.15) is 23.0 Å². The van der Waals surface area contributed by atoms with Gasteiger partial charge in [-0.2, -0.15) is 0 Å². The number of hydrogen-bond acceptors (Lipinski definition) is 4. The average Bonchev–Trinajstić information content (AvgIpc) is 3.43. The maximum absolute atomic E-state index is 14.4. The fraction of sp³-hybridized carbons (Fsp3) is 0.391. The first-order valence-electron chi connectivity index (χ1n) is 10.7. The van der Waals surface area contributed by atoms with Crippen molar-refractivity contribution in [3.63, 3.8) is 0 Å². The van der Waals surface area contributed by atoms with Crippen LogP contribution in [0.25, 0.3) is 5.65 Å². The van der Waals surface area contributed by atoms with E-state index in [-0.39, 0.29) is 18.0 Å². The Balaban J connectivity index is 1.44. The number of fused-ring (bicyclic) bond motifs is 1. The Labute approximate surface area is 178 Å². The highest BCUT2D eigenvalue weighted by Gasteiger charge is 2.29. The number of aromatic nitrogens is 2. The Morgan fingerprint density at radius 1 is 1.13 bits per heavy atom. The largest absolute Gasteiger partial charge is 0.381 e. The molecule has 5 rings (SSSR count). The monoisotopic (exact) mass is 426 g/mol. The number of anilines is 1. The minimum absolute atomic E-state index is 0.0916. The molecular formula is C23H24F2N4O2. The zero-order valence-electron chi connectivity index (χ0n) is 17.1. The van der Waals surface area contributed by atoms with E-state index in [2.05, 4.69) is 15.2 Å². The van der Waals surface area contributed by atoms with Gasteiger partial charge in [-0.15, -0.1) is 0 Å². The van der Waals surface area contributed by atoms with Gasteiger partial charge in [0.15, 0.2) is 0 Å². The van der Waals surface area contributed by atoms with Crippen molar-refractivity contribution < 1.29 is 18.3 Å². The number of carbonyl (C=O) groups excluding carboxylic acids is 1. The second-order valence-corrected chi connectivity index (χ2v) is 8.14. The number of nitrogens with one attached hydrogen (secondary N) is 1. The molecule has 0 aliphatic carbocycles. The lowest BCUT2D eigenvalue weighted by atomic mass is 10.0. The molecule has 2 aliphatic heterocycles. The standard InChI is InChI=1S/C23H24F2N4O2/c24-15-3-5-19(25)18(12-15)20-2-1-9-28(20)17-4-6-22-26-13-21(29(22)14-17)23(30)27-16-7-10-31-11-8-16/h3-6,12-14,16,20H,1-2,7-11H2,(H,27,30)/t20-/m1/s1. The summed E-state index contributed by atoms with van der Waals surface area (Å²) in [7, 11) is 0. The second kappa shape index (κ2) is 8.26. The van der Waals surface area contributed by atoms with Gasteiger partial charge in [0.25, 0.3) is 5.91 Å². The number of amides is 1. The van der Waals surface area contributed by atoms with E-state index >= 15 is 0 Å². The Bertz CT molecular complexity index is 1110. The van der Waals surface area contributed by atoms with E-state index in [0.29, 0.717) is 30.1 Å². The van der Waals surface area contributed by atoms with Crippen molar-refractivity contribution >= 4 is 17.2 Å². The van der Waals surface area contributed by atoms with Gasteiger partial charge < -0.3 is 15.0 Å². The average molecular weight is 426 g/mol. The van der Waals surface area contributed by atoms with Gasteiger partial charge in [-0.3, -0.25) is 9.20 Å². The van der Waals surface area contributed by atoms with Gasteiger partial charge in [-0.05, 0) is 56.0 Å². The summed E-state index contributed by atoms with van der Waals surface area (Å²) in [6, 6.07) is 7.19. The van der Waals surface area contributed by atoms with E-state index in [1.54, 1.807) is 10.6 Å². The number of rotatable bonds is 4. The predicted molar refractivity (Wildman–Crippen MR) is 112 cm³/mol. The van der Waals surface area contributed by atoms with Crippen molar-refractivity contribution in [2.75, 3.05) is 24.7 Å². The SMILES string of the molecule is O=C(NC1CCOCC1)c1cnc2ccc(N3CCC[C@@H]3c3cc(F)ccc3F)cn12. The zero-order chi connectivity index (χ0) is 21.4. The zero-order valence-corrected chi connectivity index (χ0v) is 17.1. The molecule has 0 bridgehead atoms. The summed E-state index contributed by atoms with van der Waals surface area (Å²) in [5.41, 5.74) is 2.32. The van der Waals surface area contributed by atoms with Gasteiger partial charge in [0.05, 0.1) is 17.9 Å². The molecule has 0 radical (unpaired) electrons. The predicted octanol–water partition coefficient (Wildman–Crippen LogP) is 3.86. The molecule has 2 aromatic heterocycles. The first-order valence-corrected chi connectivity index (χ1v) is 10.7. The molecule has 31 heavy (non-hydrogen) atoms. The van der Waals surface area contributed by atoms with Crippen LogP contribution in [0, 0.1) is 11.6 Å². The Morgan fingerprint density at radius 3 is 2.81 bits per heavy atom. The van der Waals surface area contributed by atoms with Gasteiger partial charge in [-0.25, -0.2) is 13.8 Å². The van der Waals surface area contributed by atoms with Crippen molar-refractivity contribution in [1.82, 2.24) is 14.7 Å². The number of hydrogen-bond donors (Lipinski definition) is 1. The van der Waals surface area contributed by atoms with Gasteiger partial charge in [-0.1, -0.05) is 0 Å². The van der Waals surface area contributed by atoms with Gasteiger partial charge in [0, 0.05) is 37.6 Å². The van der Waals surface area contributed by atoms with E-state index in [1.807, 2.05) is 18.3 Å². The first-order chi connectivity index (χ1) is 15.1. The summed E-state index contributed by atoms with van der Waals surface area (Å²) in [6.07, 6.45) is 6.63. The van der Waals surface area contributed by atoms with E-state index < -0.39 is 11.6 Å². The van der Waals surface area contributed by atoms with Crippen molar-refractivity contribution in [3.8, 4) is 0 Å². The van der Waals surface area contributed by atoms with Crippen LogP contribution in [0.1, 0.15) is 47.8 Å². The molecule has 2 aliphatic rings. The third-order valence-corrected chi connectivity index (χ3v) is 6.18. The molecule has 1 atom stereocenters. The van der Waals surface area contributed by atoms with Crippen LogP contribution in [-0.2, 0) is 4.74 Å². The van der Waals surface area contributed by atoms with Crippen LogP contribution in [0.15, 0.2) is 42.7 Å². The van der Waals surface area contributed by atoms with Crippen LogP contribution in [0.3, 0.4) is 0 Å². The highest BCUT2D eigenvalue weighted by atomic mass is 19.1. The van der Waals surface area contributed by atoms with Gasteiger partial charge >= 0.3 is 0 Å². The maximum atomic E-state index is 14.4. The number of imidazole rings is 1. The summed E-state index contributed by atoms with van der Waals surface area (Å²) >= 11 is 0. The second-order valence-electron chi connectivity index (χ2n) is 8.14. The fourth-order valence-electron chi connectivity index (χ4n) is 4.58. The molecule has 2 fully saturated rings. The minimum Gasteiger partial charge on any atom is -0.381 e. The highest BCUT2D eigenvalue weighted by Crippen LogP contribution is 2.37. The maximum Gasteiger partial charge on any atom is 0.270 e. The molecule has 1 aromatic carbocycles. The summed E-state index contributed by atoms with van der Waals surface area (Å²) in [4.78, 5) is 19.3. The molecule has 0 unspecified atom stereocenters. The Morgan fingerprint density at radius 2 is 1.97 bits per heavy atom. The van der Waals surface area contributed by atoms with Crippen molar-refractivity contribution in [2.24, 2.45) is 0 Å². The molecule has 1 amide bonds. The van der Waals surface area contributed by atoms with Crippen molar-refractivity contribution in [1.29, 1.82) is 0 Å². The van der Waals surface area contributed by atoms with Crippen LogP contribution in [-0.4, -0.2) is 41.1 Å². The van der Waals surface area contributed by atoms with E-state index in [1.165, 1.54) is 12.1 Å². The number of nitrogens with zero attached hydrogens (tertiary/aromatic N) is 3. The number of benzene rings is 1. The smallest absolute Gasteiger partial charge is 0.270 e.